The van der Waals surface area contributed by atoms with E-state index in [-0.39, 0.29) is 5.91 Å². The van der Waals surface area contributed by atoms with Gasteiger partial charge in [0.1, 0.15) is 6.29 Å². The maximum atomic E-state index is 11.3. The molecular formula is C12H13NO2S. The molecule has 0 aliphatic carbocycles. The minimum absolute atomic E-state index is 0.0899. The number of anilines is 1. The predicted octanol–water partition coefficient (Wildman–Crippen LogP) is 1.89. The number of benzene rings is 1. The zero-order valence-corrected chi connectivity index (χ0v) is 9.92. The van der Waals surface area contributed by atoms with Crippen molar-refractivity contribution in [2.75, 3.05) is 17.2 Å². The van der Waals surface area contributed by atoms with Crippen molar-refractivity contribution in [2.45, 2.75) is 18.2 Å². The van der Waals surface area contributed by atoms with Crippen LogP contribution in [0.5, 0.6) is 0 Å². The molecule has 1 aliphatic rings. The highest BCUT2D eigenvalue weighted by molar-refractivity contribution is 7.99. The van der Waals surface area contributed by atoms with Crippen LogP contribution >= 0.6 is 11.8 Å². The normalized spacial score (nSPS) is 13.7. The Kier molecular flexibility index (Phi) is 3.29. The summed E-state index contributed by atoms with van der Waals surface area (Å²) in [5, 5.41) is 0. The molecule has 3 nitrogen and oxygen atoms in total. The number of thioether (sulfide) groups is 1. The molecule has 0 saturated carbocycles. The van der Waals surface area contributed by atoms with Crippen LogP contribution in [0.1, 0.15) is 12.5 Å². The molecule has 0 spiro atoms. The van der Waals surface area contributed by atoms with Crippen molar-refractivity contribution < 1.29 is 9.59 Å². The highest BCUT2D eigenvalue weighted by Gasteiger charge is 2.21. The summed E-state index contributed by atoms with van der Waals surface area (Å²) in [7, 11) is 0. The zero-order chi connectivity index (χ0) is 11.5. The largest absolute Gasteiger partial charge is 0.312 e. The summed E-state index contributed by atoms with van der Waals surface area (Å²) in [6.07, 6.45) is 1.81. The number of fused-ring (bicyclic) bond motifs is 1. The fraction of sp³-hybridized carbons (Fsp3) is 0.333. The summed E-state index contributed by atoms with van der Waals surface area (Å²) < 4.78 is 0. The fourth-order valence-corrected chi connectivity index (χ4v) is 2.58. The predicted molar refractivity (Wildman–Crippen MR) is 65.0 cm³/mol. The molecule has 1 aliphatic heterocycles. The number of hydrogen-bond donors (Lipinski definition) is 0. The Morgan fingerprint density at radius 1 is 1.56 bits per heavy atom. The average molecular weight is 235 g/mol. The van der Waals surface area contributed by atoms with E-state index in [1.54, 1.807) is 11.8 Å². The van der Waals surface area contributed by atoms with Gasteiger partial charge in [0.2, 0.25) is 5.91 Å². The van der Waals surface area contributed by atoms with Crippen molar-refractivity contribution in [3.05, 3.63) is 23.8 Å². The van der Waals surface area contributed by atoms with Crippen LogP contribution in [0.2, 0.25) is 0 Å². The smallest absolute Gasteiger partial charge is 0.223 e. The van der Waals surface area contributed by atoms with Gasteiger partial charge >= 0.3 is 0 Å². The Balaban J connectivity index is 2.22. The lowest BCUT2D eigenvalue weighted by atomic mass is 10.2. The molecule has 0 unspecified atom stereocenters. The molecule has 0 atom stereocenters. The highest BCUT2D eigenvalue weighted by atomic mass is 32.2. The van der Waals surface area contributed by atoms with E-state index in [4.69, 9.17) is 0 Å². The molecule has 0 bridgehead atoms. The Bertz CT molecular complexity index is 431. The van der Waals surface area contributed by atoms with Gasteiger partial charge in [-0.2, -0.15) is 0 Å². The van der Waals surface area contributed by atoms with Gasteiger partial charge in [0.25, 0.3) is 0 Å². The second-order valence-corrected chi connectivity index (χ2v) is 4.78. The standard InChI is InChI=1S/C12H13NO2S/c1-9(15)13-5-4-10-8-11(16-7-6-14)2-3-12(10)13/h2-3,6,8H,4-5,7H2,1H3. The maximum absolute atomic E-state index is 11.3. The first-order valence-electron chi connectivity index (χ1n) is 5.20. The van der Waals surface area contributed by atoms with E-state index < -0.39 is 0 Å². The molecule has 1 amide bonds. The Labute approximate surface area is 98.8 Å². The third-order valence-corrected chi connectivity index (χ3v) is 3.53. The van der Waals surface area contributed by atoms with E-state index in [2.05, 4.69) is 6.07 Å². The summed E-state index contributed by atoms with van der Waals surface area (Å²) in [5.74, 6) is 0.571. The van der Waals surface area contributed by atoms with Crippen LogP contribution in [-0.4, -0.2) is 24.5 Å². The lowest BCUT2D eigenvalue weighted by Gasteiger charge is -2.14. The molecule has 4 heteroatoms. The first-order chi connectivity index (χ1) is 7.72. The van der Waals surface area contributed by atoms with Crippen molar-refractivity contribution in [2.24, 2.45) is 0 Å². The van der Waals surface area contributed by atoms with Crippen molar-refractivity contribution in [1.82, 2.24) is 0 Å². The quantitative estimate of drug-likeness (QED) is 0.593. The second-order valence-electron chi connectivity index (χ2n) is 3.69. The van der Waals surface area contributed by atoms with Gasteiger partial charge in [-0.3, -0.25) is 4.79 Å². The van der Waals surface area contributed by atoms with E-state index in [9.17, 15) is 9.59 Å². The molecular weight excluding hydrogens is 222 g/mol. The molecule has 0 N–H and O–H groups in total. The van der Waals surface area contributed by atoms with E-state index in [0.29, 0.717) is 5.75 Å². The molecule has 84 valence electrons. The third kappa shape index (κ3) is 2.11. The minimum Gasteiger partial charge on any atom is -0.312 e. The second kappa shape index (κ2) is 4.70. The van der Waals surface area contributed by atoms with Crippen LogP contribution in [0.4, 0.5) is 5.69 Å². The van der Waals surface area contributed by atoms with Crippen LogP contribution in [0, 0.1) is 0 Å². The number of carbonyl (C=O) groups is 2. The van der Waals surface area contributed by atoms with Gasteiger partial charge in [-0.15, -0.1) is 11.8 Å². The maximum Gasteiger partial charge on any atom is 0.223 e. The van der Waals surface area contributed by atoms with Crippen molar-refractivity contribution in [1.29, 1.82) is 0 Å². The van der Waals surface area contributed by atoms with E-state index in [1.165, 1.54) is 17.3 Å². The number of hydrogen-bond acceptors (Lipinski definition) is 3. The first-order valence-corrected chi connectivity index (χ1v) is 6.18. The topological polar surface area (TPSA) is 37.4 Å². The van der Waals surface area contributed by atoms with Gasteiger partial charge in [-0.1, -0.05) is 0 Å². The average Bonchev–Trinajstić information content (AvgIpc) is 2.69. The molecule has 1 aromatic rings. The van der Waals surface area contributed by atoms with Gasteiger partial charge < -0.3 is 9.69 Å². The van der Waals surface area contributed by atoms with Crippen molar-refractivity contribution >= 4 is 29.6 Å². The highest BCUT2D eigenvalue weighted by Crippen LogP contribution is 2.31. The van der Waals surface area contributed by atoms with Gasteiger partial charge in [0, 0.05) is 24.1 Å². The summed E-state index contributed by atoms with van der Waals surface area (Å²) in [6.45, 7) is 2.36. The number of rotatable bonds is 3. The van der Waals surface area contributed by atoms with E-state index in [1.807, 2.05) is 12.1 Å². The van der Waals surface area contributed by atoms with Crippen LogP contribution in [0.3, 0.4) is 0 Å². The summed E-state index contributed by atoms with van der Waals surface area (Å²) in [4.78, 5) is 24.5. The third-order valence-electron chi connectivity index (χ3n) is 2.64. The molecule has 1 aromatic carbocycles. The van der Waals surface area contributed by atoms with Crippen LogP contribution in [-0.2, 0) is 16.0 Å². The van der Waals surface area contributed by atoms with Gasteiger partial charge in [-0.05, 0) is 30.2 Å². The molecule has 0 fully saturated rings. The molecule has 0 saturated heterocycles. The van der Waals surface area contributed by atoms with Gasteiger partial charge in [-0.25, -0.2) is 0 Å². The molecule has 16 heavy (non-hydrogen) atoms. The number of amides is 1. The molecule has 0 aromatic heterocycles. The van der Waals surface area contributed by atoms with E-state index in [0.717, 1.165) is 29.8 Å². The van der Waals surface area contributed by atoms with Crippen LogP contribution < -0.4 is 4.90 Å². The minimum atomic E-state index is 0.0899. The number of aldehydes is 1. The van der Waals surface area contributed by atoms with Crippen LogP contribution in [0.15, 0.2) is 23.1 Å². The van der Waals surface area contributed by atoms with E-state index >= 15 is 0 Å². The fourth-order valence-electron chi connectivity index (χ4n) is 1.93. The van der Waals surface area contributed by atoms with Crippen molar-refractivity contribution in [3.63, 3.8) is 0 Å². The monoisotopic (exact) mass is 235 g/mol. The lowest BCUT2D eigenvalue weighted by Crippen LogP contribution is -2.25. The zero-order valence-electron chi connectivity index (χ0n) is 9.10. The summed E-state index contributed by atoms with van der Waals surface area (Å²) in [6, 6.07) is 6.01. The molecule has 2 rings (SSSR count). The Morgan fingerprint density at radius 3 is 3.06 bits per heavy atom. The van der Waals surface area contributed by atoms with Crippen LogP contribution in [0.25, 0.3) is 0 Å². The summed E-state index contributed by atoms with van der Waals surface area (Å²) >= 11 is 1.52. The summed E-state index contributed by atoms with van der Waals surface area (Å²) in [5.41, 5.74) is 2.22. The lowest BCUT2D eigenvalue weighted by molar-refractivity contribution is -0.116. The SMILES string of the molecule is CC(=O)N1CCc2cc(SCC=O)ccc21. The Morgan fingerprint density at radius 2 is 2.38 bits per heavy atom. The first kappa shape index (κ1) is 11.2. The van der Waals surface area contributed by atoms with Crippen molar-refractivity contribution in [3.8, 4) is 0 Å². The molecule has 1 heterocycles. The number of carbonyl (C=O) groups excluding carboxylic acids is 2. The number of nitrogens with zero attached hydrogens (tertiary/aromatic N) is 1. The van der Waals surface area contributed by atoms with Gasteiger partial charge in [0.05, 0.1) is 5.75 Å². The molecule has 0 radical (unpaired) electrons. The Hall–Kier alpha value is -1.29. The van der Waals surface area contributed by atoms with Gasteiger partial charge in [0.15, 0.2) is 0 Å².